The number of aryl methyl sites for hydroxylation is 2. The zero-order valence-electron chi connectivity index (χ0n) is 21.9. The van der Waals surface area contributed by atoms with Crippen LogP contribution >= 0.6 is 11.8 Å². The van der Waals surface area contributed by atoms with Crippen LogP contribution in [-0.4, -0.2) is 59.1 Å². The lowest BCUT2D eigenvalue weighted by Crippen LogP contribution is -2.45. The third kappa shape index (κ3) is 5.20. The molecular formula is C28H38N4O3S2. The summed E-state index contributed by atoms with van der Waals surface area (Å²) in [5.41, 5.74) is 7.73. The quantitative estimate of drug-likeness (QED) is 0.440. The first-order chi connectivity index (χ1) is 17.9. The van der Waals surface area contributed by atoms with Crippen molar-refractivity contribution in [3.8, 4) is 0 Å². The number of hydrogen-bond acceptors (Lipinski definition) is 7. The Morgan fingerprint density at radius 3 is 1.92 bits per heavy atom. The van der Waals surface area contributed by atoms with Gasteiger partial charge in [-0.2, -0.15) is 0 Å². The Hall–Kier alpha value is -1.94. The number of rotatable bonds is 7. The molecule has 0 unspecified atom stereocenters. The summed E-state index contributed by atoms with van der Waals surface area (Å²) in [5, 5.41) is 3.68. The van der Waals surface area contributed by atoms with Gasteiger partial charge < -0.3 is 19.9 Å². The lowest BCUT2D eigenvalue weighted by molar-refractivity contribution is 0.122. The normalized spacial score (nSPS) is 20.4. The molecule has 0 bridgehead atoms. The minimum Gasteiger partial charge on any atom is -0.378 e. The van der Waals surface area contributed by atoms with E-state index in [1.807, 2.05) is 11.8 Å². The highest BCUT2D eigenvalue weighted by molar-refractivity contribution is 7.99. The van der Waals surface area contributed by atoms with Crippen molar-refractivity contribution in [2.24, 2.45) is 0 Å². The van der Waals surface area contributed by atoms with Gasteiger partial charge in [-0.25, -0.2) is 13.1 Å². The molecule has 2 N–H and O–H groups in total. The molecule has 1 saturated carbocycles. The molecule has 3 aliphatic heterocycles. The largest absolute Gasteiger partial charge is 0.378 e. The Morgan fingerprint density at radius 1 is 0.865 bits per heavy atom. The van der Waals surface area contributed by atoms with Crippen LogP contribution in [0.1, 0.15) is 50.7 Å². The van der Waals surface area contributed by atoms with Gasteiger partial charge in [0, 0.05) is 53.4 Å². The number of nitrogens with zero attached hydrogens (tertiary/aromatic N) is 2. The van der Waals surface area contributed by atoms with Gasteiger partial charge in [0.25, 0.3) is 0 Å². The second kappa shape index (κ2) is 10.3. The van der Waals surface area contributed by atoms with E-state index in [0.717, 1.165) is 77.9 Å². The summed E-state index contributed by atoms with van der Waals surface area (Å²) < 4.78 is 33.3. The Labute approximate surface area is 225 Å². The molecule has 2 aromatic carbocycles. The number of ether oxygens (including phenoxy) is 1. The molecule has 1 aliphatic carbocycles. The van der Waals surface area contributed by atoms with Crippen LogP contribution in [0.5, 0.6) is 0 Å². The first kappa shape index (κ1) is 25.3. The van der Waals surface area contributed by atoms with Crippen molar-refractivity contribution in [3.05, 3.63) is 35.4 Å². The van der Waals surface area contributed by atoms with Crippen molar-refractivity contribution >= 4 is 44.5 Å². The van der Waals surface area contributed by atoms with Crippen molar-refractivity contribution in [1.29, 1.82) is 0 Å². The zero-order valence-corrected chi connectivity index (χ0v) is 23.5. The Kier molecular flexibility index (Phi) is 7.07. The summed E-state index contributed by atoms with van der Waals surface area (Å²) >= 11 is 1.88. The van der Waals surface area contributed by atoms with E-state index in [4.69, 9.17) is 4.74 Å². The summed E-state index contributed by atoms with van der Waals surface area (Å²) in [6.45, 7) is 9.65. The van der Waals surface area contributed by atoms with Gasteiger partial charge in [0.05, 0.1) is 29.8 Å². The number of piperidine rings is 1. The highest BCUT2D eigenvalue weighted by Crippen LogP contribution is 2.50. The van der Waals surface area contributed by atoms with Gasteiger partial charge in [-0.05, 0) is 73.9 Å². The van der Waals surface area contributed by atoms with E-state index in [9.17, 15) is 8.42 Å². The van der Waals surface area contributed by atoms with Crippen LogP contribution in [0.15, 0.2) is 34.1 Å². The Balaban J connectivity index is 1.23. The highest BCUT2D eigenvalue weighted by Gasteiger charge is 2.37. The summed E-state index contributed by atoms with van der Waals surface area (Å²) in [6.07, 6.45) is 5.27. The van der Waals surface area contributed by atoms with Crippen molar-refractivity contribution in [2.45, 2.75) is 73.5 Å². The van der Waals surface area contributed by atoms with Gasteiger partial charge in [-0.3, -0.25) is 0 Å². The fourth-order valence-electron chi connectivity index (χ4n) is 5.71. The van der Waals surface area contributed by atoms with E-state index in [-0.39, 0.29) is 11.3 Å². The molecule has 37 heavy (non-hydrogen) atoms. The smallest absolute Gasteiger partial charge is 0.214 e. The SMILES string of the molecule is CCc1cc(N2CCOCC2)cc2c1Nc1c(CC)cc(N3CCC(NS(=O)(=O)C4CC4)CC3)cc1S2. The van der Waals surface area contributed by atoms with Crippen LogP contribution in [0.4, 0.5) is 22.7 Å². The fourth-order valence-corrected chi connectivity index (χ4v) is 8.52. The molecule has 2 saturated heterocycles. The molecule has 0 aromatic heterocycles. The topological polar surface area (TPSA) is 73.9 Å². The van der Waals surface area contributed by atoms with Gasteiger partial charge in [0.2, 0.25) is 10.0 Å². The second-order valence-electron chi connectivity index (χ2n) is 10.6. The Bertz CT molecular complexity index is 1260. The minimum absolute atomic E-state index is 0.0547. The van der Waals surface area contributed by atoms with E-state index >= 15 is 0 Å². The molecular weight excluding hydrogens is 504 g/mol. The number of anilines is 4. The molecule has 7 nitrogen and oxygen atoms in total. The fraction of sp³-hybridized carbons (Fsp3) is 0.571. The van der Waals surface area contributed by atoms with Gasteiger partial charge >= 0.3 is 0 Å². The summed E-state index contributed by atoms with van der Waals surface area (Å²) in [5.74, 6) is 0. The molecule has 6 rings (SSSR count). The van der Waals surface area contributed by atoms with E-state index < -0.39 is 10.0 Å². The van der Waals surface area contributed by atoms with Crippen LogP contribution in [0, 0.1) is 0 Å². The molecule has 0 atom stereocenters. The monoisotopic (exact) mass is 542 g/mol. The maximum Gasteiger partial charge on any atom is 0.214 e. The number of sulfonamides is 1. The molecule has 0 amide bonds. The first-order valence-electron chi connectivity index (χ1n) is 13.8. The maximum atomic E-state index is 12.4. The maximum absolute atomic E-state index is 12.4. The predicted molar refractivity (Wildman–Crippen MR) is 152 cm³/mol. The van der Waals surface area contributed by atoms with Gasteiger partial charge in [-0.1, -0.05) is 25.6 Å². The minimum atomic E-state index is -3.13. The number of nitrogens with one attached hydrogen (secondary N) is 2. The summed E-state index contributed by atoms with van der Waals surface area (Å²) in [6, 6.07) is 9.41. The second-order valence-corrected chi connectivity index (χ2v) is 13.7. The van der Waals surface area contributed by atoms with Gasteiger partial charge in [0.15, 0.2) is 0 Å². The molecule has 200 valence electrons. The standard InChI is InChI=1S/C28H38N4O3S2/c1-3-19-15-22(31-9-7-21(8-10-31)30-37(33,34)24-5-6-24)17-25-27(19)29-28-20(4-2)16-23(18-26(28)36-25)32-11-13-35-14-12-32/h15-18,21,24,29-30H,3-14H2,1-2H3. The molecule has 4 aliphatic rings. The van der Waals surface area contributed by atoms with Crippen molar-refractivity contribution in [2.75, 3.05) is 54.5 Å². The summed E-state index contributed by atoms with van der Waals surface area (Å²) in [7, 11) is -3.13. The van der Waals surface area contributed by atoms with E-state index in [0.29, 0.717) is 0 Å². The number of hydrogen-bond donors (Lipinski definition) is 2. The summed E-state index contributed by atoms with van der Waals surface area (Å²) in [4.78, 5) is 7.44. The number of morpholine rings is 1. The van der Waals surface area contributed by atoms with Gasteiger partial charge in [0.1, 0.15) is 0 Å². The van der Waals surface area contributed by atoms with E-state index in [1.165, 1.54) is 43.7 Å². The van der Waals surface area contributed by atoms with Crippen LogP contribution in [0.3, 0.4) is 0 Å². The van der Waals surface area contributed by atoms with Crippen LogP contribution in [0.2, 0.25) is 0 Å². The van der Waals surface area contributed by atoms with Crippen molar-refractivity contribution in [1.82, 2.24) is 4.72 Å². The zero-order chi connectivity index (χ0) is 25.6. The Morgan fingerprint density at radius 2 is 1.41 bits per heavy atom. The van der Waals surface area contributed by atoms with Crippen LogP contribution in [-0.2, 0) is 27.6 Å². The highest BCUT2D eigenvalue weighted by atomic mass is 32.2. The molecule has 3 fully saturated rings. The first-order valence-corrected chi connectivity index (χ1v) is 16.2. The molecule has 9 heteroatoms. The van der Waals surface area contributed by atoms with Crippen LogP contribution < -0.4 is 19.8 Å². The van der Waals surface area contributed by atoms with E-state index in [1.54, 1.807) is 0 Å². The molecule has 0 radical (unpaired) electrons. The molecule has 3 heterocycles. The number of fused-ring (bicyclic) bond motifs is 2. The van der Waals surface area contributed by atoms with Gasteiger partial charge in [-0.15, -0.1) is 0 Å². The third-order valence-corrected chi connectivity index (χ3v) is 11.2. The lowest BCUT2D eigenvalue weighted by atomic mass is 10.0. The van der Waals surface area contributed by atoms with Crippen LogP contribution in [0.25, 0.3) is 0 Å². The average molecular weight is 543 g/mol. The lowest BCUT2D eigenvalue weighted by Gasteiger charge is -2.35. The molecule has 0 spiro atoms. The molecule has 2 aromatic rings. The van der Waals surface area contributed by atoms with Crippen molar-refractivity contribution in [3.63, 3.8) is 0 Å². The van der Waals surface area contributed by atoms with Crippen molar-refractivity contribution < 1.29 is 13.2 Å². The third-order valence-electron chi connectivity index (χ3n) is 8.10. The van der Waals surface area contributed by atoms with E-state index in [2.05, 4.69) is 58.0 Å². The average Bonchev–Trinajstić information content (AvgIpc) is 3.78. The predicted octanol–water partition coefficient (Wildman–Crippen LogP) is 4.91. The number of benzene rings is 2.